The molecule has 30 heavy (non-hydrogen) atoms. The Morgan fingerprint density at radius 3 is 2.60 bits per heavy atom. The zero-order valence-corrected chi connectivity index (χ0v) is 15.6. The monoisotopic (exact) mass is 404 g/mol. The average Bonchev–Trinajstić information content (AvgIpc) is 3.49. The van der Waals surface area contributed by atoms with Crippen molar-refractivity contribution in [2.75, 3.05) is 0 Å². The normalized spacial score (nSPS) is 10.4. The zero-order valence-electron chi connectivity index (χ0n) is 15.6. The van der Waals surface area contributed by atoms with Crippen molar-refractivity contribution in [2.24, 2.45) is 0 Å². The summed E-state index contributed by atoms with van der Waals surface area (Å²) in [5.74, 6) is 0.119. The van der Waals surface area contributed by atoms with Crippen molar-refractivity contribution in [3.05, 3.63) is 90.1 Å². The summed E-state index contributed by atoms with van der Waals surface area (Å²) in [6.45, 7) is 0.174. The molecule has 2 N–H and O–H groups in total. The van der Waals surface area contributed by atoms with Crippen molar-refractivity contribution in [2.45, 2.75) is 6.61 Å². The number of rotatable bonds is 6. The van der Waals surface area contributed by atoms with E-state index in [9.17, 15) is 9.59 Å². The molecule has 0 radical (unpaired) electrons. The van der Waals surface area contributed by atoms with E-state index in [4.69, 9.17) is 9.15 Å². The van der Waals surface area contributed by atoms with E-state index in [1.54, 1.807) is 30.3 Å². The van der Waals surface area contributed by atoms with Gasteiger partial charge in [-0.1, -0.05) is 24.3 Å². The zero-order chi connectivity index (χ0) is 20.8. The van der Waals surface area contributed by atoms with Gasteiger partial charge in [0.15, 0.2) is 5.76 Å². The fourth-order valence-corrected chi connectivity index (χ4v) is 2.57. The highest BCUT2D eigenvalue weighted by Crippen LogP contribution is 2.14. The molecule has 2 aromatic carbocycles. The van der Waals surface area contributed by atoms with Gasteiger partial charge in [-0.15, -0.1) is 5.10 Å². The Morgan fingerprint density at radius 1 is 0.967 bits per heavy atom. The highest BCUT2D eigenvalue weighted by atomic mass is 16.5. The van der Waals surface area contributed by atoms with Gasteiger partial charge in [0.25, 0.3) is 5.91 Å². The van der Waals surface area contributed by atoms with E-state index in [1.807, 2.05) is 30.3 Å². The van der Waals surface area contributed by atoms with Gasteiger partial charge in [0, 0.05) is 5.56 Å². The van der Waals surface area contributed by atoms with Crippen molar-refractivity contribution in [3.8, 4) is 11.4 Å². The van der Waals surface area contributed by atoms with Crippen LogP contribution in [0.3, 0.4) is 0 Å². The second-order valence-corrected chi connectivity index (χ2v) is 6.08. The number of hydrazine groups is 1. The van der Waals surface area contributed by atoms with E-state index in [1.165, 1.54) is 17.1 Å². The number of hydrogen-bond donors (Lipinski definition) is 2. The van der Waals surface area contributed by atoms with Crippen LogP contribution in [0, 0.1) is 0 Å². The first-order valence-electron chi connectivity index (χ1n) is 8.90. The summed E-state index contributed by atoms with van der Waals surface area (Å²) in [6.07, 6.45) is 1.41. The van der Waals surface area contributed by atoms with Crippen molar-refractivity contribution < 1.29 is 18.7 Å². The minimum absolute atomic E-state index is 0.0457. The van der Waals surface area contributed by atoms with E-state index >= 15 is 0 Å². The summed E-state index contributed by atoms with van der Waals surface area (Å²) in [4.78, 5) is 24.6. The molecule has 2 amide bonds. The maximum absolute atomic E-state index is 12.3. The molecule has 0 fully saturated rings. The number of amides is 2. The number of carbonyl (C=O) groups excluding carboxylic acids is 2. The third-order valence-corrected chi connectivity index (χ3v) is 4.02. The predicted molar refractivity (Wildman–Crippen MR) is 104 cm³/mol. The molecule has 0 aliphatic rings. The van der Waals surface area contributed by atoms with Crippen LogP contribution in [0.5, 0.6) is 5.75 Å². The number of hydrogen-bond acceptors (Lipinski definition) is 7. The molecule has 0 bridgehead atoms. The van der Waals surface area contributed by atoms with Crippen LogP contribution in [0.2, 0.25) is 0 Å². The Kier molecular flexibility index (Phi) is 5.47. The molecule has 10 heteroatoms. The summed E-state index contributed by atoms with van der Waals surface area (Å²) in [5.41, 5.74) is 5.59. The lowest BCUT2D eigenvalue weighted by Gasteiger charge is -2.07. The molecule has 0 saturated heterocycles. The van der Waals surface area contributed by atoms with Gasteiger partial charge in [0.2, 0.25) is 0 Å². The highest BCUT2D eigenvalue weighted by Gasteiger charge is 2.14. The molecule has 2 aromatic heterocycles. The molecular weight excluding hydrogens is 388 g/mol. The fraction of sp³-hybridized carbons (Fsp3) is 0.0500. The Labute approximate surface area is 170 Å². The summed E-state index contributed by atoms with van der Waals surface area (Å²) < 4.78 is 12.4. The van der Waals surface area contributed by atoms with Gasteiger partial charge in [-0.3, -0.25) is 20.4 Å². The first kappa shape index (κ1) is 18.9. The van der Waals surface area contributed by atoms with Crippen LogP contribution in [0.1, 0.15) is 26.7 Å². The van der Waals surface area contributed by atoms with E-state index in [0.29, 0.717) is 22.8 Å². The summed E-state index contributed by atoms with van der Waals surface area (Å²) in [5, 5.41) is 10.9. The maximum atomic E-state index is 12.3. The number of tetrazole rings is 1. The predicted octanol–water partition coefficient (Wildman–Crippen LogP) is 1.91. The SMILES string of the molecule is O=C(NNC(=O)c1ccc(COc2ccccc2)o1)c1cccc(-n2cnnn2)c1. The number of nitrogens with zero attached hydrogens (tertiary/aromatic N) is 4. The number of furan rings is 1. The molecule has 0 saturated carbocycles. The van der Waals surface area contributed by atoms with Gasteiger partial charge < -0.3 is 9.15 Å². The van der Waals surface area contributed by atoms with Crippen LogP contribution in [-0.4, -0.2) is 32.0 Å². The molecule has 0 atom stereocenters. The van der Waals surface area contributed by atoms with Crippen LogP contribution in [0.25, 0.3) is 5.69 Å². The van der Waals surface area contributed by atoms with Crippen LogP contribution in [0.4, 0.5) is 0 Å². The minimum atomic E-state index is -0.592. The minimum Gasteiger partial charge on any atom is -0.486 e. The molecule has 0 aliphatic carbocycles. The Morgan fingerprint density at radius 2 is 1.80 bits per heavy atom. The lowest BCUT2D eigenvalue weighted by molar-refractivity contribution is 0.0828. The quantitative estimate of drug-likeness (QED) is 0.470. The van der Waals surface area contributed by atoms with Crippen molar-refractivity contribution in [1.29, 1.82) is 0 Å². The molecule has 0 spiro atoms. The first-order valence-corrected chi connectivity index (χ1v) is 8.90. The first-order chi connectivity index (χ1) is 14.7. The fourth-order valence-electron chi connectivity index (χ4n) is 2.57. The van der Waals surface area contributed by atoms with Gasteiger partial charge in [0.05, 0.1) is 5.69 Å². The van der Waals surface area contributed by atoms with E-state index < -0.39 is 11.8 Å². The topological polar surface area (TPSA) is 124 Å². The molecule has 4 rings (SSSR count). The number of benzene rings is 2. The number of nitrogens with one attached hydrogen (secondary N) is 2. The second kappa shape index (κ2) is 8.69. The van der Waals surface area contributed by atoms with Crippen molar-refractivity contribution in [3.63, 3.8) is 0 Å². The van der Waals surface area contributed by atoms with E-state index in [2.05, 4.69) is 26.4 Å². The maximum Gasteiger partial charge on any atom is 0.305 e. The van der Waals surface area contributed by atoms with E-state index in [-0.39, 0.29) is 12.4 Å². The number of aromatic nitrogens is 4. The number of para-hydroxylation sites is 1. The van der Waals surface area contributed by atoms with Gasteiger partial charge in [-0.25, -0.2) is 4.68 Å². The van der Waals surface area contributed by atoms with Gasteiger partial charge >= 0.3 is 5.91 Å². The summed E-state index contributed by atoms with van der Waals surface area (Å²) >= 11 is 0. The largest absolute Gasteiger partial charge is 0.486 e. The van der Waals surface area contributed by atoms with E-state index in [0.717, 1.165) is 0 Å². The molecule has 2 heterocycles. The van der Waals surface area contributed by atoms with Crippen LogP contribution in [-0.2, 0) is 6.61 Å². The summed E-state index contributed by atoms with van der Waals surface area (Å²) in [7, 11) is 0. The van der Waals surface area contributed by atoms with Gasteiger partial charge in [-0.05, 0) is 52.9 Å². The molecule has 10 nitrogen and oxygen atoms in total. The van der Waals surface area contributed by atoms with Gasteiger partial charge in [-0.2, -0.15) is 0 Å². The van der Waals surface area contributed by atoms with Crippen molar-refractivity contribution >= 4 is 11.8 Å². The third-order valence-electron chi connectivity index (χ3n) is 4.02. The lowest BCUT2D eigenvalue weighted by atomic mass is 10.2. The molecular formula is C20H16N6O4. The van der Waals surface area contributed by atoms with Crippen LogP contribution in [0.15, 0.2) is 77.5 Å². The third kappa shape index (κ3) is 4.50. The molecule has 0 unspecified atom stereocenters. The van der Waals surface area contributed by atoms with Crippen LogP contribution < -0.4 is 15.6 Å². The smallest absolute Gasteiger partial charge is 0.305 e. The molecule has 4 aromatic rings. The Bertz CT molecular complexity index is 1140. The summed E-state index contributed by atoms with van der Waals surface area (Å²) in [6, 6.07) is 19.0. The van der Waals surface area contributed by atoms with Crippen LogP contribution >= 0.6 is 0 Å². The standard InChI is InChI=1S/C20H16N6O4/c27-19(14-5-4-6-15(11-14)26-13-21-24-25-26)22-23-20(28)18-10-9-17(30-18)12-29-16-7-2-1-3-8-16/h1-11,13H,12H2,(H,22,27)(H,23,28). The molecule has 150 valence electrons. The molecule has 0 aliphatic heterocycles. The number of carbonyl (C=O) groups is 2. The van der Waals surface area contributed by atoms with Crippen molar-refractivity contribution in [1.82, 2.24) is 31.1 Å². The Hall–Kier alpha value is -4.47. The highest BCUT2D eigenvalue weighted by molar-refractivity contribution is 5.98. The Balaban J connectivity index is 1.32. The average molecular weight is 404 g/mol. The van der Waals surface area contributed by atoms with Gasteiger partial charge in [0.1, 0.15) is 24.4 Å². The lowest BCUT2D eigenvalue weighted by Crippen LogP contribution is -2.41. The second-order valence-electron chi connectivity index (χ2n) is 6.08. The number of ether oxygens (including phenoxy) is 1.